The van der Waals surface area contributed by atoms with Crippen molar-refractivity contribution in [2.24, 2.45) is 34.5 Å². The molecule has 5 rings (SSSR count). The van der Waals surface area contributed by atoms with Gasteiger partial charge >= 0.3 is 0 Å². The van der Waals surface area contributed by atoms with E-state index in [9.17, 15) is 5.11 Å². The third-order valence-corrected chi connectivity index (χ3v) is 9.53. The molecule has 1 aliphatic heterocycles. The lowest BCUT2D eigenvalue weighted by Gasteiger charge is -2.59. The predicted octanol–water partition coefficient (Wildman–Crippen LogP) is 4.16. The highest BCUT2D eigenvalue weighted by Crippen LogP contribution is 2.73. The summed E-state index contributed by atoms with van der Waals surface area (Å²) >= 11 is 0. The molecular weight excluding hydrogens is 272 g/mol. The van der Waals surface area contributed by atoms with Crippen molar-refractivity contribution in [3.8, 4) is 0 Å². The minimum atomic E-state index is -0.116. The average Bonchev–Trinajstić information content (AvgIpc) is 3.08. The van der Waals surface area contributed by atoms with E-state index in [1.54, 1.807) is 0 Å². The van der Waals surface area contributed by atoms with Gasteiger partial charge in [0.1, 0.15) is 5.60 Å². The van der Waals surface area contributed by atoms with Crippen LogP contribution in [0.1, 0.15) is 72.1 Å². The fraction of sp³-hybridized carbons (Fsp3) is 1.00. The van der Waals surface area contributed by atoms with Crippen LogP contribution in [0, 0.1) is 34.5 Å². The molecule has 1 spiro atoms. The third kappa shape index (κ3) is 1.46. The number of hydrogen-bond acceptors (Lipinski definition) is 2. The number of ether oxygens (including phenoxy) is 1. The first-order valence-corrected chi connectivity index (χ1v) is 9.77. The summed E-state index contributed by atoms with van der Waals surface area (Å²) in [7, 11) is 0. The van der Waals surface area contributed by atoms with Crippen LogP contribution in [0.5, 0.6) is 0 Å². The van der Waals surface area contributed by atoms with Gasteiger partial charge in [-0.25, -0.2) is 0 Å². The van der Waals surface area contributed by atoms with Gasteiger partial charge in [-0.3, -0.25) is 0 Å². The summed E-state index contributed by atoms with van der Waals surface area (Å²) in [5, 5.41) is 10.2. The van der Waals surface area contributed by atoms with Crippen molar-refractivity contribution in [2.75, 3.05) is 0 Å². The zero-order valence-corrected chi connectivity index (χ0v) is 14.5. The van der Waals surface area contributed by atoms with Gasteiger partial charge in [-0.05, 0) is 74.0 Å². The Kier molecular flexibility index (Phi) is 2.67. The van der Waals surface area contributed by atoms with Crippen molar-refractivity contribution in [2.45, 2.75) is 89.9 Å². The van der Waals surface area contributed by atoms with Crippen LogP contribution in [0.4, 0.5) is 0 Å². The maximum absolute atomic E-state index is 10.2. The Labute approximate surface area is 135 Å². The second-order valence-electron chi connectivity index (χ2n) is 9.95. The summed E-state index contributed by atoms with van der Waals surface area (Å²) in [5.74, 6) is 3.59. The van der Waals surface area contributed by atoms with Crippen molar-refractivity contribution < 1.29 is 9.84 Å². The lowest BCUT2D eigenvalue weighted by molar-refractivity contribution is -0.112. The van der Waals surface area contributed by atoms with E-state index >= 15 is 0 Å². The van der Waals surface area contributed by atoms with Gasteiger partial charge in [0.05, 0.1) is 12.2 Å². The molecule has 1 heterocycles. The normalized spacial score (nSPS) is 66.0. The second kappa shape index (κ2) is 4.11. The van der Waals surface area contributed by atoms with E-state index in [0.717, 1.165) is 36.5 Å². The molecule has 3 unspecified atom stereocenters. The molecular formula is C20H32O2. The Bertz CT molecular complexity index is 504. The van der Waals surface area contributed by atoms with Crippen LogP contribution in [0.3, 0.4) is 0 Å². The molecule has 0 aromatic heterocycles. The second-order valence-corrected chi connectivity index (χ2v) is 9.95. The average molecular weight is 304 g/mol. The third-order valence-electron chi connectivity index (χ3n) is 9.53. The highest BCUT2D eigenvalue weighted by molar-refractivity contribution is 5.24. The van der Waals surface area contributed by atoms with Crippen LogP contribution in [-0.2, 0) is 4.74 Å². The first kappa shape index (κ1) is 14.3. The molecule has 1 saturated heterocycles. The van der Waals surface area contributed by atoms with Gasteiger partial charge in [-0.15, -0.1) is 0 Å². The summed E-state index contributed by atoms with van der Waals surface area (Å²) in [6.45, 7) is 7.62. The van der Waals surface area contributed by atoms with Crippen molar-refractivity contribution in [3.63, 3.8) is 0 Å². The quantitative estimate of drug-likeness (QED) is 0.682. The molecule has 0 amide bonds. The Hall–Kier alpha value is -0.0800. The molecule has 1 N–H and O–H groups in total. The van der Waals surface area contributed by atoms with Gasteiger partial charge in [0, 0.05) is 11.8 Å². The number of aliphatic hydroxyl groups is 1. The van der Waals surface area contributed by atoms with Crippen LogP contribution >= 0.6 is 0 Å². The molecule has 2 heteroatoms. The fourth-order valence-electron chi connectivity index (χ4n) is 7.92. The molecule has 4 aliphatic carbocycles. The number of hydrogen-bond donors (Lipinski definition) is 1. The number of fused-ring (bicyclic) bond motifs is 4. The van der Waals surface area contributed by atoms with E-state index in [1.165, 1.54) is 38.5 Å². The van der Waals surface area contributed by atoms with E-state index in [4.69, 9.17) is 4.74 Å². The number of aliphatic hydroxyl groups excluding tert-OH is 1. The maximum Gasteiger partial charge on any atom is 0.103 e. The summed E-state index contributed by atoms with van der Waals surface area (Å²) < 4.78 is 6.38. The van der Waals surface area contributed by atoms with Crippen LogP contribution in [0.25, 0.3) is 0 Å². The molecule has 5 aliphatic rings. The van der Waals surface area contributed by atoms with E-state index in [2.05, 4.69) is 20.8 Å². The maximum atomic E-state index is 10.2. The summed E-state index contributed by atoms with van der Waals surface area (Å²) in [6.07, 6.45) is 10.5. The molecule has 4 saturated carbocycles. The lowest BCUT2D eigenvalue weighted by atomic mass is 9.44. The SMILES string of the molecule is C[C@H]1CCC2C3C[C@H]4O[C@]45C[C@@H](O)CC[C@]5(C)C3CC[C@@]21C. The minimum absolute atomic E-state index is 0.0593. The molecule has 0 aromatic rings. The van der Waals surface area contributed by atoms with Gasteiger partial charge in [-0.1, -0.05) is 20.8 Å². The molecule has 0 aromatic carbocycles. The summed E-state index contributed by atoms with van der Waals surface area (Å²) in [4.78, 5) is 0. The van der Waals surface area contributed by atoms with E-state index in [-0.39, 0.29) is 11.7 Å². The monoisotopic (exact) mass is 304 g/mol. The highest BCUT2D eigenvalue weighted by atomic mass is 16.6. The predicted molar refractivity (Wildman–Crippen MR) is 86.4 cm³/mol. The van der Waals surface area contributed by atoms with Gasteiger partial charge in [0.25, 0.3) is 0 Å². The molecule has 0 radical (unpaired) electrons. The van der Waals surface area contributed by atoms with Crippen LogP contribution in [0.15, 0.2) is 0 Å². The Morgan fingerprint density at radius 3 is 2.64 bits per heavy atom. The van der Waals surface area contributed by atoms with Crippen molar-refractivity contribution >= 4 is 0 Å². The highest BCUT2D eigenvalue weighted by Gasteiger charge is 2.75. The van der Waals surface area contributed by atoms with E-state index in [0.29, 0.717) is 16.9 Å². The van der Waals surface area contributed by atoms with Crippen LogP contribution in [-0.4, -0.2) is 22.9 Å². The topological polar surface area (TPSA) is 32.8 Å². The van der Waals surface area contributed by atoms with Crippen molar-refractivity contribution in [3.05, 3.63) is 0 Å². The van der Waals surface area contributed by atoms with E-state index in [1.807, 2.05) is 0 Å². The standard InChI is InChI=1S/C20H32O2/c1-12-4-5-15-14-10-17-20(22-17)11-13(21)6-9-19(20,3)16(14)7-8-18(12,15)2/h12-17,21H,4-11H2,1-3H3/t12-,13-,14?,15?,16?,17+,18+,19+,20+/m0/s1. The van der Waals surface area contributed by atoms with E-state index < -0.39 is 0 Å². The molecule has 5 fully saturated rings. The van der Waals surface area contributed by atoms with Gasteiger partial charge in [0.2, 0.25) is 0 Å². The molecule has 2 nitrogen and oxygen atoms in total. The minimum Gasteiger partial charge on any atom is -0.393 e. The van der Waals surface area contributed by atoms with Crippen molar-refractivity contribution in [1.82, 2.24) is 0 Å². The lowest BCUT2D eigenvalue weighted by Crippen LogP contribution is -2.58. The Balaban J connectivity index is 1.51. The summed E-state index contributed by atoms with van der Waals surface area (Å²) in [5.41, 5.74) is 0.997. The van der Waals surface area contributed by atoms with Gasteiger partial charge in [0.15, 0.2) is 0 Å². The zero-order valence-electron chi connectivity index (χ0n) is 14.5. The largest absolute Gasteiger partial charge is 0.393 e. The molecule has 9 atom stereocenters. The number of epoxide rings is 1. The van der Waals surface area contributed by atoms with Crippen LogP contribution < -0.4 is 0 Å². The van der Waals surface area contributed by atoms with Crippen molar-refractivity contribution in [1.29, 1.82) is 0 Å². The van der Waals surface area contributed by atoms with Gasteiger partial charge < -0.3 is 9.84 Å². The smallest absolute Gasteiger partial charge is 0.103 e. The molecule has 22 heavy (non-hydrogen) atoms. The van der Waals surface area contributed by atoms with Gasteiger partial charge in [-0.2, -0.15) is 0 Å². The number of rotatable bonds is 0. The van der Waals surface area contributed by atoms with Crippen LogP contribution in [0.2, 0.25) is 0 Å². The Morgan fingerprint density at radius 1 is 1.00 bits per heavy atom. The molecule has 0 bridgehead atoms. The zero-order chi connectivity index (χ0) is 15.3. The first-order valence-electron chi connectivity index (χ1n) is 9.77. The first-order chi connectivity index (χ1) is 10.4. The Morgan fingerprint density at radius 2 is 1.82 bits per heavy atom. The fourth-order valence-corrected chi connectivity index (χ4v) is 7.92. The molecule has 124 valence electrons. The summed E-state index contributed by atoms with van der Waals surface area (Å²) in [6, 6.07) is 0.